The molecule has 2 rings (SSSR count). The third-order valence-corrected chi connectivity index (χ3v) is 1.63. The first-order chi connectivity index (χ1) is 6.66. The molecule has 0 aliphatic carbocycles. The Labute approximate surface area is 78.7 Å². The third-order valence-electron chi connectivity index (χ3n) is 1.63. The summed E-state index contributed by atoms with van der Waals surface area (Å²) in [6, 6.07) is 2.64. The molecule has 0 fully saturated rings. The van der Waals surface area contributed by atoms with Crippen LogP contribution >= 0.6 is 0 Å². The Balaban J connectivity index is 2.55. The molecular weight excluding hydrogens is 184 g/mol. The van der Waals surface area contributed by atoms with E-state index in [0.29, 0.717) is 17.3 Å². The standard InChI is InChI=1S/C7H8N6O/c8-4-1-2-5-10-3-6(11-7(9)14)13(5)12-4/h1-3H,(H2,8,12)(H3,9,11,14). The van der Waals surface area contributed by atoms with Crippen LogP contribution in [0.25, 0.3) is 5.65 Å². The first-order valence-corrected chi connectivity index (χ1v) is 3.83. The summed E-state index contributed by atoms with van der Waals surface area (Å²) in [7, 11) is 0. The zero-order valence-electron chi connectivity index (χ0n) is 7.14. The largest absolute Gasteiger partial charge is 0.382 e. The van der Waals surface area contributed by atoms with Gasteiger partial charge in [-0.05, 0) is 12.1 Å². The van der Waals surface area contributed by atoms with Gasteiger partial charge in [-0.25, -0.2) is 9.78 Å². The molecule has 2 heterocycles. The van der Waals surface area contributed by atoms with Crippen LogP contribution in [0.15, 0.2) is 18.3 Å². The van der Waals surface area contributed by atoms with Crippen LogP contribution in [-0.4, -0.2) is 20.6 Å². The Bertz CT molecular complexity index is 490. The number of carbonyl (C=O) groups is 1. The van der Waals surface area contributed by atoms with Crippen molar-refractivity contribution in [1.82, 2.24) is 14.6 Å². The number of amides is 2. The van der Waals surface area contributed by atoms with E-state index < -0.39 is 6.03 Å². The van der Waals surface area contributed by atoms with E-state index in [1.54, 1.807) is 12.1 Å². The molecule has 0 saturated heterocycles. The van der Waals surface area contributed by atoms with E-state index in [0.717, 1.165) is 0 Å². The van der Waals surface area contributed by atoms with E-state index in [-0.39, 0.29) is 0 Å². The summed E-state index contributed by atoms with van der Waals surface area (Å²) in [5.74, 6) is 0.725. The van der Waals surface area contributed by atoms with Crippen LogP contribution in [0.3, 0.4) is 0 Å². The van der Waals surface area contributed by atoms with Crippen molar-refractivity contribution >= 4 is 23.3 Å². The molecule has 0 aliphatic heterocycles. The lowest BCUT2D eigenvalue weighted by Gasteiger charge is -2.00. The molecule has 14 heavy (non-hydrogen) atoms. The van der Waals surface area contributed by atoms with Crippen LogP contribution in [0.4, 0.5) is 16.4 Å². The number of nitrogens with one attached hydrogen (secondary N) is 1. The van der Waals surface area contributed by atoms with Gasteiger partial charge in [0.2, 0.25) is 0 Å². The minimum Gasteiger partial charge on any atom is -0.382 e. The summed E-state index contributed by atoms with van der Waals surface area (Å²) < 4.78 is 1.40. The number of imidazole rings is 1. The molecule has 0 aliphatic rings. The van der Waals surface area contributed by atoms with Gasteiger partial charge in [0.25, 0.3) is 0 Å². The molecule has 0 saturated carbocycles. The summed E-state index contributed by atoms with van der Waals surface area (Å²) in [5, 5.41) is 6.33. The first-order valence-electron chi connectivity index (χ1n) is 3.83. The van der Waals surface area contributed by atoms with Gasteiger partial charge in [-0.2, -0.15) is 4.52 Å². The van der Waals surface area contributed by atoms with Gasteiger partial charge in [0, 0.05) is 0 Å². The molecule has 2 aromatic heterocycles. The smallest absolute Gasteiger partial charge is 0.317 e. The number of fused-ring (bicyclic) bond motifs is 1. The minimum absolute atomic E-state index is 0.336. The van der Waals surface area contributed by atoms with Gasteiger partial charge >= 0.3 is 6.03 Å². The predicted octanol–water partition coefficient (Wildman–Crippen LogP) is -0.198. The number of nitrogens with zero attached hydrogens (tertiary/aromatic N) is 3. The van der Waals surface area contributed by atoms with E-state index in [4.69, 9.17) is 11.5 Å². The topological polar surface area (TPSA) is 111 Å². The highest BCUT2D eigenvalue weighted by molar-refractivity contribution is 5.87. The molecule has 0 bridgehead atoms. The molecule has 2 amide bonds. The summed E-state index contributed by atoms with van der Waals surface area (Å²) in [6.07, 6.45) is 1.45. The van der Waals surface area contributed by atoms with Crippen LogP contribution in [0.2, 0.25) is 0 Å². The number of primary amides is 1. The zero-order valence-corrected chi connectivity index (χ0v) is 7.14. The number of nitrogens with two attached hydrogens (primary N) is 2. The molecule has 5 N–H and O–H groups in total. The molecule has 0 unspecified atom stereocenters. The number of hydrogen-bond donors (Lipinski definition) is 3. The lowest BCUT2D eigenvalue weighted by Crippen LogP contribution is -2.20. The lowest BCUT2D eigenvalue weighted by molar-refractivity contribution is 0.259. The Morgan fingerprint density at radius 1 is 1.50 bits per heavy atom. The fraction of sp³-hybridized carbons (Fsp3) is 0. The van der Waals surface area contributed by atoms with Gasteiger partial charge in [-0.1, -0.05) is 0 Å². The predicted molar refractivity (Wildman–Crippen MR) is 50.6 cm³/mol. The van der Waals surface area contributed by atoms with E-state index >= 15 is 0 Å². The molecule has 0 spiro atoms. The Hall–Kier alpha value is -2.31. The highest BCUT2D eigenvalue weighted by atomic mass is 16.2. The molecule has 72 valence electrons. The molecule has 2 aromatic rings. The number of anilines is 2. The molecule has 0 radical (unpaired) electrons. The molecule has 7 heteroatoms. The van der Waals surface area contributed by atoms with Crippen LogP contribution in [0, 0.1) is 0 Å². The van der Waals surface area contributed by atoms with E-state index in [2.05, 4.69) is 15.4 Å². The Morgan fingerprint density at radius 3 is 3.00 bits per heavy atom. The van der Waals surface area contributed by atoms with Gasteiger partial charge in [0.15, 0.2) is 11.5 Å². The summed E-state index contributed by atoms with van der Waals surface area (Å²) >= 11 is 0. The SMILES string of the molecule is NC(=O)Nc1cnc2ccc(N)nn12. The van der Waals surface area contributed by atoms with Crippen LogP contribution in [0.1, 0.15) is 0 Å². The van der Waals surface area contributed by atoms with Crippen molar-refractivity contribution in [1.29, 1.82) is 0 Å². The van der Waals surface area contributed by atoms with Crippen molar-refractivity contribution in [2.24, 2.45) is 5.73 Å². The molecular formula is C7H8N6O. The number of nitrogen functional groups attached to an aromatic ring is 1. The zero-order chi connectivity index (χ0) is 10.1. The number of urea groups is 1. The Kier molecular flexibility index (Phi) is 1.70. The summed E-state index contributed by atoms with van der Waals surface area (Å²) in [4.78, 5) is 14.6. The fourth-order valence-electron chi connectivity index (χ4n) is 1.10. The highest BCUT2D eigenvalue weighted by Crippen LogP contribution is 2.10. The van der Waals surface area contributed by atoms with Crippen molar-refractivity contribution in [2.75, 3.05) is 11.1 Å². The average Bonchev–Trinajstić information content (AvgIpc) is 2.47. The number of aromatic nitrogens is 3. The summed E-state index contributed by atoms with van der Waals surface area (Å²) in [6.45, 7) is 0. The second-order valence-corrected chi connectivity index (χ2v) is 2.66. The quantitative estimate of drug-likeness (QED) is 0.580. The second kappa shape index (κ2) is 2.87. The maximum absolute atomic E-state index is 10.6. The third kappa shape index (κ3) is 1.30. The normalized spacial score (nSPS) is 10.3. The van der Waals surface area contributed by atoms with Gasteiger partial charge < -0.3 is 11.5 Å². The van der Waals surface area contributed by atoms with Gasteiger partial charge in [0.05, 0.1) is 6.20 Å². The van der Waals surface area contributed by atoms with Crippen molar-refractivity contribution in [2.45, 2.75) is 0 Å². The monoisotopic (exact) mass is 192 g/mol. The van der Waals surface area contributed by atoms with Crippen LogP contribution in [-0.2, 0) is 0 Å². The number of rotatable bonds is 1. The van der Waals surface area contributed by atoms with Crippen molar-refractivity contribution in [3.8, 4) is 0 Å². The second-order valence-electron chi connectivity index (χ2n) is 2.66. The summed E-state index contributed by atoms with van der Waals surface area (Å²) in [5.41, 5.74) is 11.0. The Morgan fingerprint density at radius 2 is 2.29 bits per heavy atom. The van der Waals surface area contributed by atoms with E-state index in [1.807, 2.05) is 0 Å². The van der Waals surface area contributed by atoms with Crippen LogP contribution in [0.5, 0.6) is 0 Å². The van der Waals surface area contributed by atoms with Crippen molar-refractivity contribution in [3.05, 3.63) is 18.3 Å². The maximum Gasteiger partial charge on any atom is 0.317 e. The van der Waals surface area contributed by atoms with Crippen LogP contribution < -0.4 is 16.8 Å². The highest BCUT2D eigenvalue weighted by Gasteiger charge is 2.05. The number of carbonyl (C=O) groups excluding carboxylic acids is 1. The van der Waals surface area contributed by atoms with Crippen molar-refractivity contribution in [3.63, 3.8) is 0 Å². The van der Waals surface area contributed by atoms with Gasteiger partial charge in [0.1, 0.15) is 5.82 Å². The van der Waals surface area contributed by atoms with E-state index in [9.17, 15) is 4.79 Å². The average molecular weight is 192 g/mol. The lowest BCUT2D eigenvalue weighted by atomic mass is 10.5. The molecule has 0 atom stereocenters. The molecule has 0 aromatic carbocycles. The molecule has 7 nitrogen and oxygen atoms in total. The fourth-order valence-corrected chi connectivity index (χ4v) is 1.10. The van der Waals surface area contributed by atoms with E-state index in [1.165, 1.54) is 10.7 Å². The number of hydrogen-bond acceptors (Lipinski definition) is 4. The first kappa shape index (κ1) is 8.30. The van der Waals surface area contributed by atoms with Gasteiger partial charge in [-0.3, -0.25) is 5.32 Å². The van der Waals surface area contributed by atoms with Crippen molar-refractivity contribution < 1.29 is 4.79 Å². The minimum atomic E-state index is -0.670. The maximum atomic E-state index is 10.6. The van der Waals surface area contributed by atoms with Gasteiger partial charge in [-0.15, -0.1) is 5.10 Å².